The van der Waals surface area contributed by atoms with Crippen LogP contribution in [0.5, 0.6) is 0 Å². The number of carbonyl (C=O) groups is 1. The molecule has 0 radical (unpaired) electrons. The second kappa shape index (κ2) is 8.97. The lowest BCUT2D eigenvalue weighted by Gasteiger charge is -2.32. The molecule has 1 saturated heterocycles. The highest BCUT2D eigenvalue weighted by Crippen LogP contribution is 2.23. The Morgan fingerprint density at radius 1 is 1.19 bits per heavy atom. The molecule has 3 rings (SSSR count). The maximum absolute atomic E-state index is 12.4. The molecule has 1 N–H and O–H groups in total. The Bertz CT molecular complexity index is 805. The summed E-state index contributed by atoms with van der Waals surface area (Å²) in [6, 6.07) is 14.4. The van der Waals surface area contributed by atoms with Gasteiger partial charge in [-0.15, -0.1) is 0 Å². The molecule has 1 heterocycles. The fourth-order valence-electron chi connectivity index (χ4n) is 3.37. The molecule has 0 aromatic heterocycles. The van der Waals surface area contributed by atoms with Gasteiger partial charge >= 0.3 is 0 Å². The zero-order valence-electron chi connectivity index (χ0n) is 14.9. The summed E-state index contributed by atoms with van der Waals surface area (Å²) >= 11 is 5.89. The first kappa shape index (κ1) is 19.3. The van der Waals surface area contributed by atoms with Crippen molar-refractivity contribution in [2.45, 2.75) is 19.4 Å². The minimum atomic E-state index is -0.562. The van der Waals surface area contributed by atoms with Gasteiger partial charge in [-0.25, -0.2) is 0 Å². The Morgan fingerprint density at radius 3 is 2.56 bits per heavy atom. The first-order chi connectivity index (χ1) is 13.0. The number of nitrogens with zero attached hydrogens (tertiary/aromatic N) is 2. The number of piperidine rings is 1. The second-order valence-electron chi connectivity index (χ2n) is 6.83. The molecule has 0 unspecified atom stereocenters. The van der Waals surface area contributed by atoms with Gasteiger partial charge in [0.05, 0.1) is 4.92 Å². The number of benzene rings is 2. The lowest BCUT2D eigenvalue weighted by atomic mass is 9.96. The van der Waals surface area contributed by atoms with Gasteiger partial charge < -0.3 is 5.32 Å². The monoisotopic (exact) mass is 387 g/mol. The van der Waals surface area contributed by atoms with E-state index in [0.717, 1.165) is 32.5 Å². The molecule has 2 aromatic carbocycles. The van der Waals surface area contributed by atoms with Gasteiger partial charge in [0.2, 0.25) is 0 Å². The molecule has 1 amide bonds. The van der Waals surface area contributed by atoms with Crippen molar-refractivity contribution in [1.82, 2.24) is 10.2 Å². The van der Waals surface area contributed by atoms with Crippen LogP contribution in [0.15, 0.2) is 48.5 Å². The summed E-state index contributed by atoms with van der Waals surface area (Å²) in [6.07, 6.45) is 1.98. The Labute approximate surface area is 163 Å². The van der Waals surface area contributed by atoms with E-state index in [1.165, 1.54) is 23.8 Å². The molecule has 0 atom stereocenters. The van der Waals surface area contributed by atoms with E-state index in [2.05, 4.69) is 22.3 Å². The normalized spacial score (nSPS) is 15.4. The number of halogens is 1. The smallest absolute Gasteiger partial charge is 0.282 e. The van der Waals surface area contributed by atoms with E-state index < -0.39 is 10.8 Å². The number of hydrogen-bond donors (Lipinski definition) is 1. The van der Waals surface area contributed by atoms with Crippen molar-refractivity contribution in [3.8, 4) is 0 Å². The van der Waals surface area contributed by atoms with Crippen molar-refractivity contribution in [3.05, 3.63) is 74.8 Å². The van der Waals surface area contributed by atoms with Crippen molar-refractivity contribution in [1.29, 1.82) is 0 Å². The fourth-order valence-corrected chi connectivity index (χ4v) is 3.54. The largest absolute Gasteiger partial charge is 0.352 e. The Kier molecular flexibility index (Phi) is 6.42. The van der Waals surface area contributed by atoms with Crippen LogP contribution in [0.1, 0.15) is 28.8 Å². The Morgan fingerprint density at radius 2 is 1.89 bits per heavy atom. The summed E-state index contributed by atoms with van der Waals surface area (Å²) in [6.45, 7) is 3.41. The molecular formula is C20H22ClN3O3. The van der Waals surface area contributed by atoms with E-state index in [1.54, 1.807) is 0 Å². The summed E-state index contributed by atoms with van der Waals surface area (Å²) in [7, 11) is 0. The molecule has 0 aliphatic carbocycles. The number of likely N-dealkylation sites (tertiary alicyclic amines) is 1. The molecule has 0 spiro atoms. The van der Waals surface area contributed by atoms with E-state index in [9.17, 15) is 14.9 Å². The maximum Gasteiger partial charge on any atom is 0.282 e. The molecule has 0 bridgehead atoms. The van der Waals surface area contributed by atoms with E-state index in [-0.39, 0.29) is 11.3 Å². The van der Waals surface area contributed by atoms with Crippen LogP contribution in [-0.4, -0.2) is 35.4 Å². The molecule has 142 valence electrons. The van der Waals surface area contributed by atoms with Gasteiger partial charge in [0.25, 0.3) is 11.6 Å². The topological polar surface area (TPSA) is 75.5 Å². The minimum absolute atomic E-state index is 0.00835. The third-order valence-electron chi connectivity index (χ3n) is 4.91. The maximum atomic E-state index is 12.4. The Hall–Kier alpha value is -2.44. The SMILES string of the molecule is O=C(NCC1CCN(Cc2ccccc2)CC1)c1cc(Cl)ccc1[N+](=O)[O-]. The number of amides is 1. The molecular weight excluding hydrogens is 366 g/mol. The predicted molar refractivity (Wildman–Crippen MR) is 105 cm³/mol. The van der Waals surface area contributed by atoms with Gasteiger partial charge in [-0.05, 0) is 49.5 Å². The van der Waals surface area contributed by atoms with E-state index >= 15 is 0 Å². The van der Waals surface area contributed by atoms with Gasteiger partial charge in [0.15, 0.2) is 0 Å². The molecule has 2 aromatic rings. The third kappa shape index (κ3) is 5.28. The number of hydrogen-bond acceptors (Lipinski definition) is 4. The molecule has 0 saturated carbocycles. The average molecular weight is 388 g/mol. The first-order valence-electron chi connectivity index (χ1n) is 9.01. The van der Waals surface area contributed by atoms with Crippen LogP contribution in [0.2, 0.25) is 5.02 Å². The lowest BCUT2D eigenvalue weighted by molar-refractivity contribution is -0.385. The van der Waals surface area contributed by atoms with Crippen molar-refractivity contribution >= 4 is 23.2 Å². The number of carbonyl (C=O) groups excluding carboxylic acids is 1. The summed E-state index contributed by atoms with van der Waals surface area (Å²) in [4.78, 5) is 25.3. The van der Waals surface area contributed by atoms with Crippen LogP contribution in [0.4, 0.5) is 5.69 Å². The quantitative estimate of drug-likeness (QED) is 0.602. The van der Waals surface area contributed by atoms with Crippen molar-refractivity contribution in [3.63, 3.8) is 0 Å². The average Bonchev–Trinajstić information content (AvgIpc) is 2.67. The Balaban J connectivity index is 1.50. The number of nitro benzene ring substituents is 1. The van der Waals surface area contributed by atoms with Crippen LogP contribution < -0.4 is 5.32 Å². The second-order valence-corrected chi connectivity index (χ2v) is 7.27. The lowest BCUT2D eigenvalue weighted by Crippen LogP contribution is -2.38. The van der Waals surface area contributed by atoms with Gasteiger partial charge in [0, 0.05) is 24.2 Å². The van der Waals surface area contributed by atoms with E-state index in [1.807, 2.05) is 18.2 Å². The highest BCUT2D eigenvalue weighted by Gasteiger charge is 2.23. The molecule has 7 heteroatoms. The minimum Gasteiger partial charge on any atom is -0.352 e. The standard InChI is InChI=1S/C20H22ClN3O3/c21-17-6-7-19(24(26)27)18(12-17)20(25)22-13-15-8-10-23(11-9-15)14-16-4-2-1-3-5-16/h1-7,12,15H,8-11,13-14H2,(H,22,25). The van der Waals surface area contributed by atoms with E-state index in [0.29, 0.717) is 17.5 Å². The summed E-state index contributed by atoms with van der Waals surface area (Å²) < 4.78 is 0. The van der Waals surface area contributed by atoms with Crippen molar-refractivity contribution in [2.75, 3.05) is 19.6 Å². The van der Waals surface area contributed by atoms with Gasteiger partial charge in [-0.2, -0.15) is 0 Å². The van der Waals surface area contributed by atoms with Crippen molar-refractivity contribution in [2.24, 2.45) is 5.92 Å². The predicted octanol–water partition coefficient (Wildman–Crippen LogP) is 3.89. The van der Waals surface area contributed by atoms with Crippen LogP contribution in [0, 0.1) is 16.0 Å². The molecule has 27 heavy (non-hydrogen) atoms. The van der Waals surface area contributed by atoms with Gasteiger partial charge in [-0.1, -0.05) is 41.9 Å². The summed E-state index contributed by atoms with van der Waals surface area (Å²) in [5.41, 5.74) is 1.08. The van der Waals surface area contributed by atoms with Crippen LogP contribution in [0.25, 0.3) is 0 Å². The van der Waals surface area contributed by atoms with Gasteiger partial charge in [0.1, 0.15) is 5.56 Å². The van der Waals surface area contributed by atoms with Crippen LogP contribution in [0.3, 0.4) is 0 Å². The van der Waals surface area contributed by atoms with E-state index in [4.69, 9.17) is 11.6 Å². The molecule has 6 nitrogen and oxygen atoms in total. The van der Waals surface area contributed by atoms with Crippen LogP contribution >= 0.6 is 11.6 Å². The molecule has 1 fully saturated rings. The number of nitrogens with one attached hydrogen (secondary N) is 1. The van der Waals surface area contributed by atoms with Crippen molar-refractivity contribution < 1.29 is 9.72 Å². The zero-order valence-corrected chi connectivity index (χ0v) is 15.7. The summed E-state index contributed by atoms with van der Waals surface area (Å²) in [5, 5.41) is 14.2. The zero-order chi connectivity index (χ0) is 19.2. The highest BCUT2D eigenvalue weighted by molar-refractivity contribution is 6.31. The third-order valence-corrected chi connectivity index (χ3v) is 5.14. The van der Waals surface area contributed by atoms with Crippen LogP contribution in [-0.2, 0) is 6.54 Å². The number of nitro groups is 1. The highest BCUT2D eigenvalue weighted by atomic mass is 35.5. The number of rotatable bonds is 6. The first-order valence-corrected chi connectivity index (χ1v) is 9.39. The molecule has 1 aliphatic heterocycles. The van der Waals surface area contributed by atoms with Gasteiger partial charge in [-0.3, -0.25) is 19.8 Å². The molecule has 1 aliphatic rings. The summed E-state index contributed by atoms with van der Waals surface area (Å²) in [5.74, 6) is -0.0740. The fraction of sp³-hybridized carbons (Fsp3) is 0.350.